The summed E-state index contributed by atoms with van der Waals surface area (Å²) in [6.07, 6.45) is 4.20. The van der Waals surface area contributed by atoms with E-state index in [4.69, 9.17) is 8.92 Å². The summed E-state index contributed by atoms with van der Waals surface area (Å²) in [4.78, 5) is 12.1. The lowest BCUT2D eigenvalue weighted by Gasteiger charge is -2.12. The zero-order valence-corrected chi connectivity index (χ0v) is 21.6. The summed E-state index contributed by atoms with van der Waals surface area (Å²) in [7, 11) is -4.11. The maximum atomic E-state index is 13.0. The van der Waals surface area contributed by atoms with Crippen molar-refractivity contribution in [2.24, 2.45) is 10.2 Å². The average molecular weight is 526 g/mol. The highest BCUT2D eigenvalue weighted by atomic mass is 32.2. The van der Waals surface area contributed by atoms with E-state index in [2.05, 4.69) is 22.4 Å². The number of hydrogen-bond donors (Lipinski definition) is 1. The number of amidine groups is 1. The van der Waals surface area contributed by atoms with Gasteiger partial charge in [-0.15, -0.1) is 5.10 Å². The van der Waals surface area contributed by atoms with Crippen LogP contribution >= 0.6 is 11.8 Å². The molecule has 1 heterocycles. The summed E-state index contributed by atoms with van der Waals surface area (Å²) in [6.45, 7) is 4.41. The average Bonchev–Trinajstić information content (AvgIpc) is 3.23. The number of benzene rings is 3. The molecular weight excluding hydrogens is 498 g/mol. The minimum atomic E-state index is -4.11. The summed E-state index contributed by atoms with van der Waals surface area (Å²) >= 11 is 1.35. The SMILES string of the molecule is CCCCC1S/C(=N/N=C/c2c(OS(=O)(=O)c3ccc(OCC)cc3)ccc3ccccc23)NC1=O. The predicted molar refractivity (Wildman–Crippen MR) is 143 cm³/mol. The molecule has 1 unspecified atom stereocenters. The lowest BCUT2D eigenvalue weighted by molar-refractivity contribution is -0.118. The third-order valence-electron chi connectivity index (χ3n) is 5.49. The van der Waals surface area contributed by atoms with Crippen molar-refractivity contribution < 1.29 is 22.1 Å². The number of unbranched alkanes of at least 4 members (excludes halogenated alkanes) is 1. The molecule has 0 radical (unpaired) electrons. The zero-order chi connectivity index (χ0) is 25.5. The van der Waals surface area contributed by atoms with Crippen molar-refractivity contribution in [3.8, 4) is 11.5 Å². The van der Waals surface area contributed by atoms with Crippen LogP contribution in [0.15, 0.2) is 75.8 Å². The van der Waals surface area contributed by atoms with Gasteiger partial charge in [0, 0.05) is 5.56 Å². The van der Waals surface area contributed by atoms with Gasteiger partial charge < -0.3 is 14.2 Å². The highest BCUT2D eigenvalue weighted by Gasteiger charge is 2.29. The van der Waals surface area contributed by atoms with E-state index in [1.807, 2.05) is 31.2 Å². The Morgan fingerprint density at radius 2 is 1.83 bits per heavy atom. The van der Waals surface area contributed by atoms with Gasteiger partial charge in [-0.1, -0.05) is 61.9 Å². The van der Waals surface area contributed by atoms with Crippen molar-refractivity contribution in [1.29, 1.82) is 0 Å². The molecule has 188 valence electrons. The minimum Gasteiger partial charge on any atom is -0.494 e. The number of carbonyl (C=O) groups is 1. The van der Waals surface area contributed by atoms with Crippen LogP contribution in [0.3, 0.4) is 0 Å². The monoisotopic (exact) mass is 525 g/mol. The van der Waals surface area contributed by atoms with Crippen LogP contribution in [0.2, 0.25) is 0 Å². The smallest absolute Gasteiger partial charge is 0.339 e. The number of hydrogen-bond acceptors (Lipinski definition) is 8. The number of carbonyl (C=O) groups excluding carboxylic acids is 1. The fraction of sp³-hybridized carbons (Fsp3) is 0.269. The number of nitrogens with one attached hydrogen (secondary N) is 1. The molecule has 0 bridgehead atoms. The van der Waals surface area contributed by atoms with Gasteiger partial charge in [0.1, 0.15) is 10.6 Å². The molecule has 1 N–H and O–H groups in total. The first-order valence-corrected chi connectivity index (χ1v) is 14.0. The number of rotatable bonds is 10. The van der Waals surface area contributed by atoms with Crippen molar-refractivity contribution in [2.75, 3.05) is 6.61 Å². The van der Waals surface area contributed by atoms with Gasteiger partial charge in [0.25, 0.3) is 0 Å². The van der Waals surface area contributed by atoms with Gasteiger partial charge in [-0.2, -0.15) is 13.5 Å². The van der Waals surface area contributed by atoms with Gasteiger partial charge >= 0.3 is 10.1 Å². The first-order chi connectivity index (χ1) is 17.4. The van der Waals surface area contributed by atoms with Gasteiger partial charge in [0.2, 0.25) is 5.91 Å². The largest absolute Gasteiger partial charge is 0.494 e. The second kappa shape index (κ2) is 11.6. The molecule has 10 heteroatoms. The van der Waals surface area contributed by atoms with E-state index in [1.54, 1.807) is 24.3 Å². The first-order valence-electron chi connectivity index (χ1n) is 11.7. The van der Waals surface area contributed by atoms with Crippen LogP contribution in [0, 0.1) is 0 Å². The lowest BCUT2D eigenvalue weighted by atomic mass is 10.0. The molecule has 0 aromatic heterocycles. The molecule has 8 nitrogen and oxygen atoms in total. The van der Waals surface area contributed by atoms with E-state index in [0.29, 0.717) is 23.1 Å². The number of fused-ring (bicyclic) bond motifs is 1. The summed E-state index contributed by atoms with van der Waals surface area (Å²) in [5.41, 5.74) is 0.462. The van der Waals surface area contributed by atoms with E-state index in [1.165, 1.54) is 30.1 Å². The van der Waals surface area contributed by atoms with Crippen LogP contribution in [0.25, 0.3) is 10.8 Å². The Labute approximate surface area is 214 Å². The van der Waals surface area contributed by atoms with Crippen molar-refractivity contribution >= 4 is 49.9 Å². The standard InChI is InChI=1S/C26H27N3O5S2/c1-3-5-10-24-25(30)28-26(35-24)29-27-17-22-21-9-7-6-8-18(21)11-16-23(22)34-36(31,32)20-14-12-19(13-15-20)33-4-2/h6-9,11-17,24H,3-5,10H2,1-2H3,(H,28,29,30)/b27-17+. The van der Waals surface area contributed by atoms with Crippen LogP contribution in [-0.4, -0.2) is 37.6 Å². The van der Waals surface area contributed by atoms with Gasteiger partial charge in [-0.05, 0) is 54.4 Å². The second-order valence-corrected chi connectivity index (χ2v) is 10.8. The van der Waals surface area contributed by atoms with Gasteiger partial charge in [-0.25, -0.2) is 0 Å². The van der Waals surface area contributed by atoms with Gasteiger partial charge in [-0.3, -0.25) is 4.79 Å². The molecule has 0 saturated carbocycles. The summed E-state index contributed by atoms with van der Waals surface area (Å²) < 4.78 is 37.0. The van der Waals surface area contributed by atoms with Crippen molar-refractivity contribution in [3.05, 3.63) is 66.2 Å². The van der Waals surface area contributed by atoms with Crippen molar-refractivity contribution in [3.63, 3.8) is 0 Å². The Balaban J connectivity index is 1.62. The van der Waals surface area contributed by atoms with Crippen molar-refractivity contribution in [2.45, 2.75) is 43.3 Å². The summed E-state index contributed by atoms with van der Waals surface area (Å²) in [5.74, 6) is 0.622. The lowest BCUT2D eigenvalue weighted by Crippen LogP contribution is -2.24. The molecule has 0 spiro atoms. The molecule has 4 rings (SSSR count). The Kier molecular flexibility index (Phi) is 8.27. The van der Waals surface area contributed by atoms with E-state index < -0.39 is 10.1 Å². The van der Waals surface area contributed by atoms with Crippen LogP contribution in [0.1, 0.15) is 38.7 Å². The molecule has 1 aliphatic rings. The topological polar surface area (TPSA) is 106 Å². The molecular formula is C26H27N3O5S2. The number of thioether (sulfide) groups is 1. The van der Waals surface area contributed by atoms with Crippen molar-refractivity contribution in [1.82, 2.24) is 5.32 Å². The Morgan fingerprint density at radius 3 is 2.58 bits per heavy atom. The summed E-state index contributed by atoms with van der Waals surface area (Å²) in [6, 6.07) is 16.9. The Bertz CT molecular complexity index is 1400. The third kappa shape index (κ3) is 6.06. The zero-order valence-electron chi connectivity index (χ0n) is 20.0. The maximum absolute atomic E-state index is 13.0. The van der Waals surface area contributed by atoms with Crippen LogP contribution in [0.5, 0.6) is 11.5 Å². The molecule has 36 heavy (non-hydrogen) atoms. The van der Waals surface area contributed by atoms with Crippen LogP contribution < -0.4 is 14.2 Å². The molecule has 1 atom stereocenters. The van der Waals surface area contributed by atoms with Crippen LogP contribution in [0.4, 0.5) is 0 Å². The Hall–Kier alpha value is -3.37. The molecule has 3 aromatic rings. The highest BCUT2D eigenvalue weighted by molar-refractivity contribution is 8.15. The fourth-order valence-corrected chi connectivity index (χ4v) is 5.61. The second-order valence-electron chi connectivity index (χ2n) is 8.03. The molecule has 1 fully saturated rings. The van der Waals surface area contributed by atoms with E-state index in [9.17, 15) is 13.2 Å². The molecule has 1 aliphatic heterocycles. The van der Waals surface area contributed by atoms with Gasteiger partial charge in [0.15, 0.2) is 10.9 Å². The number of amides is 1. The number of nitrogens with zero attached hydrogens (tertiary/aromatic N) is 2. The summed E-state index contributed by atoms with van der Waals surface area (Å²) in [5, 5.41) is 12.9. The fourth-order valence-electron chi connectivity index (χ4n) is 3.69. The first kappa shape index (κ1) is 25.7. The highest BCUT2D eigenvalue weighted by Crippen LogP contribution is 2.30. The Morgan fingerprint density at radius 1 is 1.06 bits per heavy atom. The molecule has 1 amide bonds. The van der Waals surface area contributed by atoms with E-state index >= 15 is 0 Å². The molecule has 3 aromatic carbocycles. The predicted octanol–water partition coefficient (Wildman–Crippen LogP) is 5.12. The third-order valence-corrected chi connectivity index (χ3v) is 7.88. The van der Waals surface area contributed by atoms with Gasteiger partial charge in [0.05, 0.1) is 18.1 Å². The van der Waals surface area contributed by atoms with Crippen LogP contribution in [-0.2, 0) is 14.9 Å². The molecule has 1 saturated heterocycles. The molecule has 0 aliphatic carbocycles. The minimum absolute atomic E-state index is 0.00503. The van der Waals surface area contributed by atoms with E-state index in [-0.39, 0.29) is 21.8 Å². The quantitative estimate of drug-likeness (QED) is 0.224. The number of ether oxygens (including phenoxy) is 1. The van der Waals surface area contributed by atoms with E-state index in [0.717, 1.165) is 30.0 Å². The normalized spacial score (nSPS) is 17.1. The maximum Gasteiger partial charge on any atom is 0.339 e.